The molecule has 5 heteroatoms. The number of hydrogen-bond donors (Lipinski definition) is 2. The van der Waals surface area contributed by atoms with Crippen LogP contribution in [0.3, 0.4) is 0 Å². The Labute approximate surface area is 115 Å². The number of rotatable bonds is 5. The second kappa shape index (κ2) is 6.19. The van der Waals surface area contributed by atoms with Gasteiger partial charge in [-0.15, -0.1) is 0 Å². The van der Waals surface area contributed by atoms with Gasteiger partial charge in [0.15, 0.2) is 0 Å². The van der Waals surface area contributed by atoms with Crippen molar-refractivity contribution in [1.82, 2.24) is 15.3 Å². The third-order valence-corrected chi connectivity index (χ3v) is 3.57. The molecule has 1 aromatic heterocycles. The highest BCUT2D eigenvalue weighted by Crippen LogP contribution is 2.24. The number of anilines is 2. The number of piperazine rings is 1. The molecule has 2 rings (SSSR count). The normalized spacial score (nSPS) is 18.4. The Morgan fingerprint density at radius 3 is 3.00 bits per heavy atom. The lowest BCUT2D eigenvalue weighted by Gasteiger charge is -2.43. The van der Waals surface area contributed by atoms with Crippen LogP contribution in [0, 0.1) is 0 Å². The van der Waals surface area contributed by atoms with Crippen molar-refractivity contribution in [3.05, 3.63) is 12.4 Å². The van der Waals surface area contributed by atoms with Crippen molar-refractivity contribution in [1.29, 1.82) is 0 Å². The maximum absolute atomic E-state index is 4.43. The van der Waals surface area contributed by atoms with Gasteiger partial charge in [-0.1, -0.05) is 13.3 Å². The molecule has 0 saturated carbocycles. The third kappa shape index (κ3) is 3.56. The molecule has 0 atom stereocenters. The molecule has 2 N–H and O–H groups in total. The third-order valence-electron chi connectivity index (χ3n) is 3.57. The van der Waals surface area contributed by atoms with E-state index in [1.165, 1.54) is 12.8 Å². The summed E-state index contributed by atoms with van der Waals surface area (Å²) < 4.78 is 0. The van der Waals surface area contributed by atoms with Crippen LogP contribution >= 0.6 is 0 Å². The van der Waals surface area contributed by atoms with E-state index < -0.39 is 0 Å². The van der Waals surface area contributed by atoms with Gasteiger partial charge in [-0.25, -0.2) is 9.97 Å². The van der Waals surface area contributed by atoms with Gasteiger partial charge >= 0.3 is 0 Å². The molecule has 1 aliphatic rings. The molecular formula is C14H25N5. The molecule has 0 aromatic carbocycles. The van der Waals surface area contributed by atoms with Crippen LogP contribution in [0.5, 0.6) is 0 Å². The lowest BCUT2D eigenvalue weighted by atomic mass is 10.0. The van der Waals surface area contributed by atoms with Crippen molar-refractivity contribution in [2.75, 3.05) is 36.4 Å². The van der Waals surface area contributed by atoms with E-state index in [9.17, 15) is 0 Å². The van der Waals surface area contributed by atoms with Crippen LogP contribution in [-0.4, -0.2) is 41.7 Å². The Balaban J connectivity index is 2.09. The summed E-state index contributed by atoms with van der Waals surface area (Å²) in [6.45, 7) is 10.6. The zero-order chi connectivity index (χ0) is 13.7. The van der Waals surface area contributed by atoms with Crippen LogP contribution in [0.2, 0.25) is 0 Å². The first-order chi connectivity index (χ1) is 9.13. The number of aromatic nitrogens is 2. The molecule has 0 unspecified atom stereocenters. The summed E-state index contributed by atoms with van der Waals surface area (Å²) in [5.74, 6) is 1.94. The van der Waals surface area contributed by atoms with Crippen LogP contribution in [0.15, 0.2) is 12.4 Å². The predicted octanol–water partition coefficient (Wildman–Crippen LogP) is 1.88. The minimum atomic E-state index is 0.0906. The van der Waals surface area contributed by atoms with Crippen LogP contribution < -0.4 is 15.5 Å². The predicted molar refractivity (Wildman–Crippen MR) is 79.7 cm³/mol. The molecule has 0 radical (unpaired) electrons. The molecule has 2 heterocycles. The van der Waals surface area contributed by atoms with Crippen LogP contribution in [-0.2, 0) is 0 Å². The van der Waals surface area contributed by atoms with Crippen molar-refractivity contribution < 1.29 is 0 Å². The van der Waals surface area contributed by atoms with Gasteiger partial charge in [0.2, 0.25) is 0 Å². The van der Waals surface area contributed by atoms with Gasteiger partial charge in [-0.05, 0) is 20.3 Å². The summed E-state index contributed by atoms with van der Waals surface area (Å²) in [6, 6.07) is 2.06. The van der Waals surface area contributed by atoms with Crippen LogP contribution in [0.1, 0.15) is 33.6 Å². The molecule has 0 spiro atoms. The Morgan fingerprint density at radius 1 is 1.42 bits per heavy atom. The van der Waals surface area contributed by atoms with Crippen LogP contribution in [0.4, 0.5) is 11.6 Å². The van der Waals surface area contributed by atoms with Gasteiger partial charge in [-0.3, -0.25) is 0 Å². The van der Waals surface area contributed by atoms with Crippen molar-refractivity contribution in [2.24, 2.45) is 0 Å². The fourth-order valence-electron chi connectivity index (χ4n) is 2.39. The minimum absolute atomic E-state index is 0.0906. The fourth-order valence-corrected chi connectivity index (χ4v) is 2.39. The Morgan fingerprint density at radius 2 is 2.26 bits per heavy atom. The quantitative estimate of drug-likeness (QED) is 0.794. The average Bonchev–Trinajstić information content (AvgIpc) is 2.39. The van der Waals surface area contributed by atoms with Gasteiger partial charge in [0.1, 0.15) is 18.0 Å². The molecule has 0 bridgehead atoms. The summed E-state index contributed by atoms with van der Waals surface area (Å²) in [7, 11) is 0. The van der Waals surface area contributed by atoms with E-state index in [1.807, 2.05) is 0 Å². The summed E-state index contributed by atoms with van der Waals surface area (Å²) in [6.07, 6.45) is 4.01. The van der Waals surface area contributed by atoms with Gasteiger partial charge in [-0.2, -0.15) is 0 Å². The zero-order valence-corrected chi connectivity index (χ0v) is 12.2. The molecule has 0 amide bonds. The summed E-state index contributed by atoms with van der Waals surface area (Å²) in [5, 5.41) is 6.79. The van der Waals surface area contributed by atoms with E-state index in [0.717, 1.165) is 37.8 Å². The fraction of sp³-hybridized carbons (Fsp3) is 0.714. The number of unbranched alkanes of at least 4 members (excludes halogenated alkanes) is 1. The topological polar surface area (TPSA) is 53.1 Å². The smallest absolute Gasteiger partial charge is 0.134 e. The van der Waals surface area contributed by atoms with E-state index >= 15 is 0 Å². The van der Waals surface area contributed by atoms with Crippen molar-refractivity contribution >= 4 is 11.6 Å². The van der Waals surface area contributed by atoms with E-state index in [1.54, 1.807) is 6.33 Å². The number of nitrogens with one attached hydrogen (secondary N) is 2. The first kappa shape index (κ1) is 14.1. The highest BCUT2D eigenvalue weighted by Gasteiger charge is 2.30. The lowest BCUT2D eigenvalue weighted by molar-refractivity contribution is 0.378. The van der Waals surface area contributed by atoms with E-state index in [0.29, 0.717) is 0 Å². The van der Waals surface area contributed by atoms with Gasteiger partial charge in [0.05, 0.1) is 0 Å². The van der Waals surface area contributed by atoms with E-state index in [4.69, 9.17) is 0 Å². The van der Waals surface area contributed by atoms with E-state index in [-0.39, 0.29) is 5.54 Å². The number of hydrogen-bond acceptors (Lipinski definition) is 5. The first-order valence-electron chi connectivity index (χ1n) is 7.18. The average molecular weight is 263 g/mol. The summed E-state index contributed by atoms with van der Waals surface area (Å²) in [5.41, 5.74) is 0.0906. The lowest BCUT2D eigenvalue weighted by Crippen LogP contribution is -2.58. The molecule has 1 fully saturated rings. The molecule has 0 aliphatic carbocycles. The Kier molecular flexibility index (Phi) is 4.58. The molecule has 1 aliphatic heterocycles. The Bertz CT molecular complexity index is 405. The second-order valence-corrected chi connectivity index (χ2v) is 5.68. The van der Waals surface area contributed by atoms with Crippen LogP contribution in [0.25, 0.3) is 0 Å². The number of nitrogens with zero attached hydrogens (tertiary/aromatic N) is 3. The maximum atomic E-state index is 4.43. The molecular weight excluding hydrogens is 238 g/mol. The van der Waals surface area contributed by atoms with E-state index in [2.05, 4.69) is 52.3 Å². The highest BCUT2D eigenvalue weighted by atomic mass is 15.3. The van der Waals surface area contributed by atoms with Gasteiger partial charge in [0.25, 0.3) is 0 Å². The van der Waals surface area contributed by atoms with Crippen molar-refractivity contribution in [3.8, 4) is 0 Å². The molecule has 19 heavy (non-hydrogen) atoms. The monoisotopic (exact) mass is 263 g/mol. The largest absolute Gasteiger partial charge is 0.370 e. The SMILES string of the molecule is CCCCNc1cc(N2CCNCC2(C)C)ncn1. The summed E-state index contributed by atoms with van der Waals surface area (Å²) >= 11 is 0. The van der Waals surface area contributed by atoms with Crippen molar-refractivity contribution in [2.45, 2.75) is 39.2 Å². The zero-order valence-electron chi connectivity index (χ0n) is 12.2. The summed E-state index contributed by atoms with van der Waals surface area (Å²) in [4.78, 5) is 11.1. The maximum Gasteiger partial charge on any atom is 0.134 e. The first-order valence-corrected chi connectivity index (χ1v) is 7.18. The standard InChI is InChI=1S/C14H25N5/c1-4-5-6-16-12-9-13(18-11-17-12)19-8-7-15-10-14(19,2)3/h9,11,15H,4-8,10H2,1-3H3,(H,16,17,18). The molecule has 1 aromatic rings. The van der Waals surface area contributed by atoms with Gasteiger partial charge in [0, 0.05) is 37.8 Å². The van der Waals surface area contributed by atoms with Gasteiger partial charge < -0.3 is 15.5 Å². The molecule has 1 saturated heterocycles. The molecule has 106 valence electrons. The second-order valence-electron chi connectivity index (χ2n) is 5.68. The Hall–Kier alpha value is -1.36. The van der Waals surface area contributed by atoms with Crippen molar-refractivity contribution in [3.63, 3.8) is 0 Å². The minimum Gasteiger partial charge on any atom is -0.370 e. The molecule has 5 nitrogen and oxygen atoms in total. The highest BCUT2D eigenvalue weighted by molar-refractivity contribution is 5.50.